The van der Waals surface area contributed by atoms with Crippen LogP contribution in [0.5, 0.6) is 5.75 Å². The molecule has 0 N–H and O–H groups in total. The maximum atomic E-state index is 14.0. The van der Waals surface area contributed by atoms with Gasteiger partial charge in [0.2, 0.25) is 0 Å². The fourth-order valence-electron chi connectivity index (χ4n) is 2.88. The van der Waals surface area contributed by atoms with Crippen LogP contribution in [0.2, 0.25) is 0 Å². The average molecular weight is 353 g/mol. The predicted molar refractivity (Wildman–Crippen MR) is 98.8 cm³/mol. The van der Waals surface area contributed by atoms with Gasteiger partial charge in [-0.1, -0.05) is 24.3 Å². The Bertz CT molecular complexity index is 961. The molecule has 0 radical (unpaired) electrons. The predicted octanol–water partition coefficient (Wildman–Crippen LogP) is 4.72. The lowest BCUT2D eigenvalue weighted by Crippen LogP contribution is -2.31. The lowest BCUT2D eigenvalue weighted by atomic mass is 10.1. The van der Waals surface area contributed by atoms with E-state index in [-0.39, 0.29) is 30.6 Å². The maximum absolute atomic E-state index is 14.0. The van der Waals surface area contributed by atoms with Crippen LogP contribution in [0.1, 0.15) is 21.7 Å². The molecule has 1 aromatic heterocycles. The van der Waals surface area contributed by atoms with Gasteiger partial charge >= 0.3 is 0 Å². The summed E-state index contributed by atoms with van der Waals surface area (Å²) in [5, 5.41) is 0.817. The van der Waals surface area contributed by atoms with Crippen LogP contribution in [-0.2, 0) is 6.54 Å². The fraction of sp³-hybridized carbons (Fsp3) is 0.190. The van der Waals surface area contributed by atoms with Crippen LogP contribution >= 0.6 is 0 Å². The lowest BCUT2D eigenvalue weighted by Gasteiger charge is -2.20. The summed E-state index contributed by atoms with van der Waals surface area (Å²) in [4.78, 5) is 14.5. The summed E-state index contributed by atoms with van der Waals surface area (Å²) >= 11 is 0. The van der Waals surface area contributed by atoms with Gasteiger partial charge in [-0.15, -0.1) is 6.58 Å². The van der Waals surface area contributed by atoms with Crippen molar-refractivity contribution >= 4 is 16.9 Å². The van der Waals surface area contributed by atoms with E-state index < -0.39 is 0 Å². The minimum atomic E-state index is -0.347. The normalized spacial score (nSPS) is 10.7. The van der Waals surface area contributed by atoms with Crippen LogP contribution in [0.15, 0.2) is 59.5 Å². The van der Waals surface area contributed by atoms with E-state index in [0.29, 0.717) is 16.9 Å². The average Bonchev–Trinajstić information content (AvgIpc) is 2.98. The van der Waals surface area contributed by atoms with Crippen molar-refractivity contribution in [2.24, 2.45) is 0 Å². The Hall–Kier alpha value is -3.08. The summed E-state index contributed by atoms with van der Waals surface area (Å²) in [5.41, 5.74) is 1.78. The first-order valence-electron chi connectivity index (χ1n) is 8.26. The number of amides is 1. The third-order valence-electron chi connectivity index (χ3n) is 4.29. The van der Waals surface area contributed by atoms with Gasteiger partial charge in [0.1, 0.15) is 17.1 Å². The third-order valence-corrected chi connectivity index (χ3v) is 4.29. The van der Waals surface area contributed by atoms with Gasteiger partial charge in [0.15, 0.2) is 5.76 Å². The third kappa shape index (κ3) is 3.33. The molecule has 0 unspecified atom stereocenters. The molecule has 0 saturated heterocycles. The number of benzene rings is 2. The highest BCUT2D eigenvalue weighted by molar-refractivity contribution is 5.99. The number of aryl methyl sites for hydroxylation is 1. The summed E-state index contributed by atoms with van der Waals surface area (Å²) in [7, 11) is 1.59. The van der Waals surface area contributed by atoms with E-state index in [4.69, 9.17) is 9.15 Å². The van der Waals surface area contributed by atoms with Crippen molar-refractivity contribution in [2.45, 2.75) is 13.5 Å². The Balaban J connectivity index is 1.96. The van der Waals surface area contributed by atoms with E-state index >= 15 is 0 Å². The van der Waals surface area contributed by atoms with E-state index in [1.807, 2.05) is 13.0 Å². The second kappa shape index (κ2) is 7.44. The van der Waals surface area contributed by atoms with Crippen LogP contribution in [0, 0.1) is 12.7 Å². The molecule has 3 rings (SSSR count). The minimum absolute atomic E-state index is 0.136. The molecule has 0 aliphatic carbocycles. The SMILES string of the molecule is C=CCN(Cc1ccccc1F)C(=O)c1oc2ccc(OC)cc2c1C. The topological polar surface area (TPSA) is 42.7 Å². The van der Waals surface area contributed by atoms with Gasteiger partial charge < -0.3 is 14.1 Å². The van der Waals surface area contributed by atoms with E-state index in [1.54, 1.807) is 43.5 Å². The van der Waals surface area contributed by atoms with Gasteiger partial charge in [-0.2, -0.15) is 0 Å². The smallest absolute Gasteiger partial charge is 0.290 e. The monoisotopic (exact) mass is 353 g/mol. The van der Waals surface area contributed by atoms with Crippen LogP contribution in [0.4, 0.5) is 4.39 Å². The highest BCUT2D eigenvalue weighted by Gasteiger charge is 2.23. The zero-order valence-corrected chi connectivity index (χ0v) is 14.8. The molecular weight excluding hydrogens is 333 g/mol. The summed E-state index contributed by atoms with van der Waals surface area (Å²) in [5.74, 6) is 0.280. The van der Waals surface area contributed by atoms with Gasteiger partial charge in [-0.3, -0.25) is 4.79 Å². The second-order valence-corrected chi connectivity index (χ2v) is 5.98. The van der Waals surface area contributed by atoms with Crippen LogP contribution < -0.4 is 4.74 Å². The molecule has 0 bridgehead atoms. The number of carbonyl (C=O) groups is 1. The molecule has 1 amide bonds. The Kier molecular flexibility index (Phi) is 5.07. The van der Waals surface area contributed by atoms with Gasteiger partial charge in [0, 0.05) is 29.6 Å². The number of methoxy groups -OCH3 is 1. The molecule has 0 aliphatic heterocycles. The first kappa shape index (κ1) is 17.7. The van der Waals surface area contributed by atoms with Crippen molar-refractivity contribution in [3.05, 3.63) is 77.8 Å². The van der Waals surface area contributed by atoms with Crippen molar-refractivity contribution in [3.63, 3.8) is 0 Å². The molecule has 134 valence electrons. The van der Waals surface area contributed by atoms with E-state index in [9.17, 15) is 9.18 Å². The zero-order chi connectivity index (χ0) is 18.7. The first-order valence-corrected chi connectivity index (χ1v) is 8.26. The molecule has 3 aromatic rings. The van der Waals surface area contributed by atoms with Crippen LogP contribution in [0.25, 0.3) is 11.0 Å². The zero-order valence-electron chi connectivity index (χ0n) is 14.8. The number of furan rings is 1. The second-order valence-electron chi connectivity index (χ2n) is 5.98. The first-order chi connectivity index (χ1) is 12.5. The number of nitrogens with zero attached hydrogens (tertiary/aromatic N) is 1. The van der Waals surface area contributed by atoms with Crippen molar-refractivity contribution in [2.75, 3.05) is 13.7 Å². The van der Waals surface area contributed by atoms with E-state index in [1.165, 1.54) is 11.0 Å². The summed E-state index contributed by atoms with van der Waals surface area (Å²) in [6, 6.07) is 11.8. The molecule has 0 spiro atoms. The summed E-state index contributed by atoms with van der Waals surface area (Å²) in [6.45, 7) is 5.94. The highest BCUT2D eigenvalue weighted by Crippen LogP contribution is 2.29. The number of fused-ring (bicyclic) bond motifs is 1. The summed E-state index contributed by atoms with van der Waals surface area (Å²) in [6.07, 6.45) is 1.61. The van der Waals surface area contributed by atoms with Gasteiger partial charge in [0.25, 0.3) is 5.91 Å². The van der Waals surface area contributed by atoms with Crippen molar-refractivity contribution in [3.8, 4) is 5.75 Å². The number of rotatable bonds is 6. The van der Waals surface area contributed by atoms with Crippen LogP contribution in [0.3, 0.4) is 0 Å². The summed E-state index contributed by atoms with van der Waals surface area (Å²) < 4.78 is 25.0. The molecule has 1 heterocycles. The van der Waals surface area contributed by atoms with Gasteiger partial charge in [-0.25, -0.2) is 4.39 Å². The Labute approximate surface area is 151 Å². The molecule has 0 saturated carbocycles. The number of hydrogen-bond donors (Lipinski definition) is 0. The number of ether oxygens (including phenoxy) is 1. The Morgan fingerprint density at radius 1 is 1.31 bits per heavy atom. The highest BCUT2D eigenvalue weighted by atomic mass is 19.1. The molecule has 2 aromatic carbocycles. The quantitative estimate of drug-likeness (QED) is 0.602. The van der Waals surface area contributed by atoms with Gasteiger partial charge in [0.05, 0.1) is 7.11 Å². The van der Waals surface area contributed by atoms with Gasteiger partial charge in [-0.05, 0) is 31.2 Å². The molecule has 0 fully saturated rings. The molecule has 26 heavy (non-hydrogen) atoms. The molecule has 4 nitrogen and oxygen atoms in total. The van der Waals surface area contributed by atoms with Crippen molar-refractivity contribution < 1.29 is 18.3 Å². The standard InChI is InChI=1S/C21H20FNO3/c1-4-11-23(13-15-7-5-6-8-18(15)22)21(24)20-14(2)17-12-16(25-3)9-10-19(17)26-20/h4-10,12H,1,11,13H2,2-3H3. The number of hydrogen-bond acceptors (Lipinski definition) is 3. The number of halogens is 1. The molecule has 0 aliphatic rings. The van der Waals surface area contributed by atoms with E-state index in [0.717, 1.165) is 10.9 Å². The minimum Gasteiger partial charge on any atom is -0.497 e. The maximum Gasteiger partial charge on any atom is 0.290 e. The lowest BCUT2D eigenvalue weighted by molar-refractivity contribution is 0.0730. The molecule has 0 atom stereocenters. The van der Waals surface area contributed by atoms with Crippen LogP contribution in [-0.4, -0.2) is 24.5 Å². The Morgan fingerprint density at radius 2 is 2.08 bits per heavy atom. The Morgan fingerprint density at radius 3 is 2.77 bits per heavy atom. The molecular formula is C21H20FNO3. The van der Waals surface area contributed by atoms with Crippen molar-refractivity contribution in [1.82, 2.24) is 4.90 Å². The fourth-order valence-corrected chi connectivity index (χ4v) is 2.88. The number of carbonyl (C=O) groups excluding carboxylic acids is 1. The molecule has 5 heteroatoms. The largest absolute Gasteiger partial charge is 0.497 e. The van der Waals surface area contributed by atoms with E-state index in [2.05, 4.69) is 6.58 Å². The van der Waals surface area contributed by atoms with Crippen molar-refractivity contribution in [1.29, 1.82) is 0 Å².